The first-order valence-electron chi connectivity index (χ1n) is 8.84. The first-order valence-corrected chi connectivity index (χ1v) is 8.84. The molecule has 0 aliphatic carbocycles. The van der Waals surface area contributed by atoms with E-state index in [9.17, 15) is 9.59 Å². The zero-order valence-corrected chi connectivity index (χ0v) is 14.7. The molecule has 132 valence electrons. The number of hydrogen-bond donors (Lipinski definition) is 1. The van der Waals surface area contributed by atoms with E-state index < -0.39 is 0 Å². The number of aryl methyl sites for hydroxylation is 1. The number of nitrogens with zero attached hydrogens (tertiary/aromatic N) is 3. The highest BCUT2D eigenvalue weighted by Crippen LogP contribution is 2.23. The topological polar surface area (TPSA) is 67.2 Å². The molecule has 1 aliphatic rings. The lowest BCUT2D eigenvalue weighted by molar-refractivity contribution is 0.0651. The van der Waals surface area contributed by atoms with E-state index >= 15 is 0 Å². The van der Waals surface area contributed by atoms with E-state index in [1.807, 2.05) is 17.1 Å². The summed E-state index contributed by atoms with van der Waals surface area (Å²) in [4.78, 5) is 26.0. The maximum atomic E-state index is 12.3. The molecule has 0 bridgehead atoms. The Morgan fingerprint density at radius 3 is 2.44 bits per heavy atom. The molecule has 1 aliphatic heterocycles. The monoisotopic (exact) mass is 340 g/mol. The fourth-order valence-electron chi connectivity index (χ4n) is 3.14. The Labute approximate surface area is 147 Å². The van der Waals surface area contributed by atoms with E-state index in [0.29, 0.717) is 17.7 Å². The molecule has 0 radical (unpaired) electrons. The lowest BCUT2D eigenvalue weighted by Crippen LogP contribution is -2.31. The third-order valence-corrected chi connectivity index (χ3v) is 4.40. The SMILES string of the molecule is CCCn1cc(NC(C)CCCN2C(=O)c3ccccc3C2=O)cn1. The number of fused-ring (bicyclic) bond motifs is 1. The van der Waals surface area contributed by atoms with Gasteiger partial charge in [0.1, 0.15) is 0 Å². The summed E-state index contributed by atoms with van der Waals surface area (Å²) in [6.45, 7) is 5.58. The lowest BCUT2D eigenvalue weighted by atomic mass is 10.1. The summed E-state index contributed by atoms with van der Waals surface area (Å²) in [6.07, 6.45) is 6.52. The summed E-state index contributed by atoms with van der Waals surface area (Å²) < 4.78 is 1.92. The number of benzene rings is 1. The molecule has 0 fully saturated rings. The summed E-state index contributed by atoms with van der Waals surface area (Å²) in [5.74, 6) is -0.357. The number of aromatic nitrogens is 2. The van der Waals surface area contributed by atoms with Crippen LogP contribution in [0.2, 0.25) is 0 Å². The Kier molecular flexibility index (Phi) is 5.16. The molecule has 2 aromatic rings. The van der Waals surface area contributed by atoms with E-state index in [4.69, 9.17) is 0 Å². The predicted molar refractivity (Wildman–Crippen MR) is 96.6 cm³/mol. The van der Waals surface area contributed by atoms with Crippen molar-refractivity contribution in [1.29, 1.82) is 0 Å². The van der Waals surface area contributed by atoms with Crippen molar-refractivity contribution in [2.24, 2.45) is 0 Å². The first kappa shape index (κ1) is 17.2. The van der Waals surface area contributed by atoms with Gasteiger partial charge in [0.15, 0.2) is 0 Å². The second-order valence-corrected chi connectivity index (χ2v) is 6.49. The van der Waals surface area contributed by atoms with Gasteiger partial charge in [-0.15, -0.1) is 0 Å². The number of anilines is 1. The Morgan fingerprint density at radius 1 is 1.12 bits per heavy atom. The minimum absolute atomic E-state index is 0.179. The molecule has 0 saturated carbocycles. The largest absolute Gasteiger partial charge is 0.380 e. The molecule has 1 aromatic carbocycles. The minimum atomic E-state index is -0.179. The Morgan fingerprint density at radius 2 is 1.80 bits per heavy atom. The third kappa shape index (κ3) is 3.73. The Bertz CT molecular complexity index is 733. The fourth-order valence-corrected chi connectivity index (χ4v) is 3.14. The summed E-state index contributed by atoms with van der Waals surface area (Å²) in [6, 6.07) is 7.26. The van der Waals surface area contributed by atoms with E-state index in [1.54, 1.807) is 24.3 Å². The molecule has 3 rings (SSSR count). The van der Waals surface area contributed by atoms with Gasteiger partial charge in [0.25, 0.3) is 11.8 Å². The summed E-state index contributed by atoms with van der Waals surface area (Å²) in [5, 5.41) is 7.72. The van der Waals surface area contributed by atoms with Crippen LogP contribution in [0.1, 0.15) is 53.8 Å². The van der Waals surface area contributed by atoms with Crippen LogP contribution in [0.3, 0.4) is 0 Å². The summed E-state index contributed by atoms with van der Waals surface area (Å²) in [5.41, 5.74) is 2.03. The van der Waals surface area contributed by atoms with E-state index in [-0.39, 0.29) is 17.9 Å². The van der Waals surface area contributed by atoms with Gasteiger partial charge in [-0.1, -0.05) is 19.1 Å². The van der Waals surface area contributed by atoms with Crippen LogP contribution < -0.4 is 5.32 Å². The highest BCUT2D eigenvalue weighted by atomic mass is 16.2. The maximum Gasteiger partial charge on any atom is 0.261 e. The van der Waals surface area contributed by atoms with Gasteiger partial charge < -0.3 is 5.32 Å². The van der Waals surface area contributed by atoms with Crippen LogP contribution in [-0.4, -0.2) is 39.1 Å². The number of nitrogens with one attached hydrogen (secondary N) is 1. The molecule has 2 heterocycles. The third-order valence-electron chi connectivity index (χ3n) is 4.40. The van der Waals surface area contributed by atoms with Crippen LogP contribution in [0.4, 0.5) is 5.69 Å². The van der Waals surface area contributed by atoms with Crippen LogP contribution >= 0.6 is 0 Å². The maximum absolute atomic E-state index is 12.3. The Balaban J connectivity index is 1.48. The molecule has 1 N–H and O–H groups in total. The highest BCUT2D eigenvalue weighted by Gasteiger charge is 2.34. The summed E-state index contributed by atoms with van der Waals surface area (Å²) in [7, 11) is 0. The van der Waals surface area contributed by atoms with Gasteiger partial charge in [-0.05, 0) is 38.3 Å². The van der Waals surface area contributed by atoms with Crippen molar-refractivity contribution in [2.75, 3.05) is 11.9 Å². The van der Waals surface area contributed by atoms with Gasteiger partial charge in [-0.3, -0.25) is 19.2 Å². The number of carbonyl (C=O) groups excluding carboxylic acids is 2. The average Bonchev–Trinajstić information content (AvgIpc) is 3.13. The average molecular weight is 340 g/mol. The second-order valence-electron chi connectivity index (χ2n) is 6.49. The van der Waals surface area contributed by atoms with Crippen LogP contribution in [0.25, 0.3) is 0 Å². The number of amides is 2. The van der Waals surface area contributed by atoms with Crippen molar-refractivity contribution in [1.82, 2.24) is 14.7 Å². The van der Waals surface area contributed by atoms with Crippen LogP contribution in [-0.2, 0) is 6.54 Å². The van der Waals surface area contributed by atoms with Crippen molar-refractivity contribution in [3.8, 4) is 0 Å². The van der Waals surface area contributed by atoms with Crippen molar-refractivity contribution in [3.05, 3.63) is 47.8 Å². The van der Waals surface area contributed by atoms with Crippen molar-refractivity contribution >= 4 is 17.5 Å². The summed E-state index contributed by atoms with van der Waals surface area (Å²) >= 11 is 0. The highest BCUT2D eigenvalue weighted by molar-refractivity contribution is 6.21. The Hall–Kier alpha value is -2.63. The van der Waals surface area contributed by atoms with Gasteiger partial charge in [0.05, 0.1) is 23.0 Å². The second kappa shape index (κ2) is 7.51. The smallest absolute Gasteiger partial charge is 0.261 e. The first-order chi connectivity index (χ1) is 12.1. The number of hydrogen-bond acceptors (Lipinski definition) is 4. The minimum Gasteiger partial charge on any atom is -0.380 e. The number of imide groups is 1. The van der Waals surface area contributed by atoms with Gasteiger partial charge in [-0.2, -0.15) is 5.10 Å². The normalized spacial score (nSPS) is 14.7. The predicted octanol–water partition coefficient (Wildman–Crippen LogP) is 3.17. The zero-order valence-electron chi connectivity index (χ0n) is 14.7. The lowest BCUT2D eigenvalue weighted by Gasteiger charge is -2.17. The van der Waals surface area contributed by atoms with Gasteiger partial charge in [0.2, 0.25) is 0 Å². The quantitative estimate of drug-likeness (QED) is 0.750. The molecule has 1 atom stereocenters. The zero-order chi connectivity index (χ0) is 17.8. The molecule has 0 spiro atoms. The molecular formula is C19H24N4O2. The van der Waals surface area contributed by atoms with Gasteiger partial charge >= 0.3 is 0 Å². The van der Waals surface area contributed by atoms with Crippen molar-refractivity contribution in [2.45, 2.75) is 45.7 Å². The van der Waals surface area contributed by atoms with Crippen molar-refractivity contribution < 1.29 is 9.59 Å². The molecular weight excluding hydrogens is 316 g/mol. The molecule has 1 aromatic heterocycles. The standard InChI is InChI=1S/C19H24N4O2/c1-3-10-22-13-15(12-20-22)21-14(2)7-6-11-23-18(24)16-8-4-5-9-17(16)19(23)25/h4-5,8-9,12-14,21H,3,6-7,10-11H2,1-2H3. The van der Waals surface area contributed by atoms with Crippen LogP contribution in [0.15, 0.2) is 36.7 Å². The van der Waals surface area contributed by atoms with Crippen LogP contribution in [0, 0.1) is 0 Å². The van der Waals surface area contributed by atoms with E-state index in [2.05, 4.69) is 24.3 Å². The van der Waals surface area contributed by atoms with Crippen molar-refractivity contribution in [3.63, 3.8) is 0 Å². The van der Waals surface area contributed by atoms with Gasteiger partial charge in [0, 0.05) is 25.3 Å². The molecule has 2 amide bonds. The molecule has 6 nitrogen and oxygen atoms in total. The molecule has 0 saturated heterocycles. The molecule has 25 heavy (non-hydrogen) atoms. The van der Waals surface area contributed by atoms with E-state index in [0.717, 1.165) is 31.5 Å². The van der Waals surface area contributed by atoms with Gasteiger partial charge in [-0.25, -0.2) is 0 Å². The molecule has 1 unspecified atom stereocenters. The number of rotatable bonds is 8. The fraction of sp³-hybridized carbons (Fsp3) is 0.421. The number of carbonyl (C=O) groups is 2. The molecule has 6 heteroatoms. The van der Waals surface area contributed by atoms with Crippen LogP contribution in [0.5, 0.6) is 0 Å². The van der Waals surface area contributed by atoms with E-state index in [1.165, 1.54) is 4.90 Å².